The molecule has 1 aromatic rings. The highest BCUT2D eigenvalue weighted by Crippen LogP contribution is 2.44. The Morgan fingerprint density at radius 2 is 1.77 bits per heavy atom. The van der Waals surface area contributed by atoms with Crippen LogP contribution in [-0.2, 0) is 4.74 Å². The van der Waals surface area contributed by atoms with Crippen LogP contribution in [0.15, 0.2) is 18.2 Å². The number of benzene rings is 1. The number of aliphatic hydroxyl groups excluding tert-OH is 1. The molecule has 0 saturated carbocycles. The molecule has 30 heavy (non-hydrogen) atoms. The van der Waals surface area contributed by atoms with Crippen LogP contribution in [0, 0.1) is 5.41 Å². The number of ether oxygens (including phenoxy) is 3. The molecule has 0 aliphatic heterocycles. The Labute approximate surface area is 182 Å². The van der Waals surface area contributed by atoms with Crippen molar-refractivity contribution in [1.29, 1.82) is 0 Å². The summed E-state index contributed by atoms with van der Waals surface area (Å²) in [7, 11) is 1.64. The first-order valence-electron chi connectivity index (χ1n) is 11.1. The maximum absolute atomic E-state index is 10.7. The first kappa shape index (κ1) is 26.7. The predicted molar refractivity (Wildman–Crippen MR) is 121 cm³/mol. The summed E-state index contributed by atoms with van der Waals surface area (Å²) in [5.41, 5.74) is 6.86. The number of methoxy groups -OCH3 is 1. The molecule has 0 saturated heterocycles. The van der Waals surface area contributed by atoms with Crippen LogP contribution in [0.4, 0.5) is 0 Å². The Kier molecular flexibility index (Phi) is 11.1. The van der Waals surface area contributed by atoms with Gasteiger partial charge >= 0.3 is 0 Å². The molecule has 0 aliphatic carbocycles. The van der Waals surface area contributed by atoms with Gasteiger partial charge in [-0.3, -0.25) is 0 Å². The zero-order valence-electron chi connectivity index (χ0n) is 19.7. The molecule has 0 aromatic heterocycles. The molecule has 0 aliphatic rings. The topological polar surface area (TPSA) is 94.2 Å². The van der Waals surface area contributed by atoms with Gasteiger partial charge in [-0.15, -0.1) is 0 Å². The molecule has 6 nitrogen and oxygen atoms in total. The largest absolute Gasteiger partial charge is 0.493 e. The minimum absolute atomic E-state index is 0.0351. The molecule has 6 heteroatoms. The lowest BCUT2D eigenvalue weighted by atomic mass is 9.67. The van der Waals surface area contributed by atoms with E-state index in [0.717, 1.165) is 37.7 Å². The Bertz CT molecular complexity index is 614. The minimum atomic E-state index is -1.12. The zero-order valence-corrected chi connectivity index (χ0v) is 19.7. The number of aliphatic hydroxyl groups is 2. The summed E-state index contributed by atoms with van der Waals surface area (Å²) in [6, 6.07) is 5.93. The van der Waals surface area contributed by atoms with Crippen molar-refractivity contribution in [2.24, 2.45) is 11.1 Å². The van der Waals surface area contributed by atoms with Crippen molar-refractivity contribution in [2.45, 2.75) is 84.5 Å². The maximum atomic E-state index is 10.7. The first-order chi connectivity index (χ1) is 14.1. The number of rotatable bonds is 15. The molecule has 174 valence electrons. The van der Waals surface area contributed by atoms with Gasteiger partial charge in [0.1, 0.15) is 0 Å². The van der Waals surface area contributed by atoms with Gasteiger partial charge in [0.25, 0.3) is 0 Å². The molecule has 0 unspecified atom stereocenters. The molecule has 0 radical (unpaired) electrons. The lowest BCUT2D eigenvalue weighted by Gasteiger charge is -2.40. The standard InChI is InChI=1S/C24H43NO5/c1-7-8-14-29-22-16-19(11-12-21(22)28-6)20(17-25)24(5,18(2)26)13-9-10-15-30-23(3,4)27/h11-12,16,18,20,26-27H,7-10,13-15,17,25H2,1-6H3/t18-,20+,24+/m1/s1. The van der Waals surface area contributed by atoms with E-state index in [0.29, 0.717) is 31.3 Å². The van der Waals surface area contributed by atoms with E-state index in [1.54, 1.807) is 21.0 Å². The molecule has 0 amide bonds. The fourth-order valence-corrected chi connectivity index (χ4v) is 3.74. The summed E-state index contributed by atoms with van der Waals surface area (Å²) in [5, 5.41) is 20.4. The average molecular weight is 426 g/mol. The van der Waals surface area contributed by atoms with E-state index >= 15 is 0 Å². The predicted octanol–water partition coefficient (Wildman–Crippen LogP) is 4.22. The molecule has 1 aromatic carbocycles. The van der Waals surface area contributed by atoms with E-state index in [1.165, 1.54) is 0 Å². The van der Waals surface area contributed by atoms with E-state index in [2.05, 4.69) is 13.8 Å². The smallest absolute Gasteiger partial charge is 0.161 e. The van der Waals surface area contributed by atoms with Crippen LogP contribution in [0.1, 0.15) is 78.2 Å². The number of unbranched alkanes of at least 4 members (excludes halogenated alkanes) is 2. The van der Waals surface area contributed by atoms with Crippen LogP contribution in [0.5, 0.6) is 11.5 Å². The second-order valence-corrected chi connectivity index (χ2v) is 8.83. The molecule has 0 bridgehead atoms. The molecule has 0 fully saturated rings. The summed E-state index contributed by atoms with van der Waals surface area (Å²) < 4.78 is 16.8. The minimum Gasteiger partial charge on any atom is -0.493 e. The zero-order chi connectivity index (χ0) is 22.8. The third-order valence-corrected chi connectivity index (χ3v) is 5.90. The van der Waals surface area contributed by atoms with Crippen molar-refractivity contribution in [3.8, 4) is 11.5 Å². The van der Waals surface area contributed by atoms with Gasteiger partial charge in [-0.05, 0) is 64.3 Å². The molecule has 0 heterocycles. The summed E-state index contributed by atoms with van der Waals surface area (Å²) in [6.45, 7) is 10.8. The summed E-state index contributed by atoms with van der Waals surface area (Å²) in [5.74, 6) is 0.263. The van der Waals surface area contributed by atoms with Crippen LogP contribution in [0.3, 0.4) is 0 Å². The third-order valence-electron chi connectivity index (χ3n) is 5.90. The fourth-order valence-electron chi connectivity index (χ4n) is 3.74. The second kappa shape index (κ2) is 12.5. The Morgan fingerprint density at radius 3 is 2.30 bits per heavy atom. The highest BCUT2D eigenvalue weighted by Gasteiger charge is 2.38. The van der Waals surface area contributed by atoms with E-state index in [9.17, 15) is 10.2 Å². The van der Waals surface area contributed by atoms with Crippen molar-refractivity contribution in [3.63, 3.8) is 0 Å². The normalized spacial score (nSPS) is 16.0. The summed E-state index contributed by atoms with van der Waals surface area (Å²) >= 11 is 0. The highest BCUT2D eigenvalue weighted by molar-refractivity contribution is 5.44. The van der Waals surface area contributed by atoms with Crippen LogP contribution in [0.2, 0.25) is 0 Å². The molecule has 4 N–H and O–H groups in total. The van der Waals surface area contributed by atoms with Crippen LogP contribution in [0.25, 0.3) is 0 Å². The SMILES string of the molecule is CCCCOc1cc([C@H](CN)[C@@](C)(CCCCOC(C)(C)O)[C@@H](C)O)ccc1OC. The van der Waals surface area contributed by atoms with Gasteiger partial charge in [0.15, 0.2) is 17.3 Å². The summed E-state index contributed by atoms with van der Waals surface area (Å²) in [6.07, 6.45) is 3.96. The van der Waals surface area contributed by atoms with E-state index < -0.39 is 17.3 Å². The van der Waals surface area contributed by atoms with Gasteiger partial charge in [0, 0.05) is 17.9 Å². The Balaban J connectivity index is 2.98. The van der Waals surface area contributed by atoms with Crippen LogP contribution in [-0.4, -0.2) is 49.0 Å². The third kappa shape index (κ3) is 8.06. The van der Waals surface area contributed by atoms with Crippen LogP contribution >= 0.6 is 0 Å². The van der Waals surface area contributed by atoms with Gasteiger partial charge in [-0.1, -0.05) is 32.8 Å². The lowest BCUT2D eigenvalue weighted by molar-refractivity contribution is -0.176. The van der Waals surface area contributed by atoms with Gasteiger partial charge in [0.05, 0.1) is 19.8 Å². The fraction of sp³-hybridized carbons (Fsp3) is 0.750. The van der Waals surface area contributed by atoms with Gasteiger partial charge in [-0.2, -0.15) is 0 Å². The van der Waals surface area contributed by atoms with Crippen LogP contribution < -0.4 is 15.2 Å². The van der Waals surface area contributed by atoms with Crippen molar-refractivity contribution < 1.29 is 24.4 Å². The van der Waals surface area contributed by atoms with Gasteiger partial charge in [-0.25, -0.2) is 0 Å². The van der Waals surface area contributed by atoms with Crippen molar-refractivity contribution in [1.82, 2.24) is 0 Å². The molecule has 1 rings (SSSR count). The quantitative estimate of drug-likeness (QED) is 0.288. The van der Waals surface area contributed by atoms with E-state index in [1.807, 2.05) is 25.1 Å². The highest BCUT2D eigenvalue weighted by atomic mass is 16.6. The maximum Gasteiger partial charge on any atom is 0.161 e. The Hall–Kier alpha value is -1.34. The Morgan fingerprint density at radius 1 is 1.07 bits per heavy atom. The lowest BCUT2D eigenvalue weighted by Crippen LogP contribution is -2.40. The number of hydrogen-bond acceptors (Lipinski definition) is 6. The number of nitrogens with two attached hydrogens (primary N) is 1. The molecule has 3 atom stereocenters. The molecule has 0 spiro atoms. The van der Waals surface area contributed by atoms with E-state index in [4.69, 9.17) is 19.9 Å². The van der Waals surface area contributed by atoms with E-state index in [-0.39, 0.29) is 5.92 Å². The molecular formula is C24H43NO5. The van der Waals surface area contributed by atoms with Crippen molar-refractivity contribution >= 4 is 0 Å². The second-order valence-electron chi connectivity index (χ2n) is 8.83. The summed E-state index contributed by atoms with van der Waals surface area (Å²) in [4.78, 5) is 0. The van der Waals surface area contributed by atoms with Crippen molar-refractivity contribution in [3.05, 3.63) is 23.8 Å². The molecular weight excluding hydrogens is 382 g/mol. The van der Waals surface area contributed by atoms with Gasteiger partial charge in [0.2, 0.25) is 0 Å². The monoisotopic (exact) mass is 425 g/mol. The average Bonchev–Trinajstić information content (AvgIpc) is 2.67. The first-order valence-corrected chi connectivity index (χ1v) is 11.1. The van der Waals surface area contributed by atoms with Crippen molar-refractivity contribution in [2.75, 3.05) is 26.9 Å². The van der Waals surface area contributed by atoms with Gasteiger partial charge < -0.3 is 30.2 Å². The number of hydrogen-bond donors (Lipinski definition) is 3.